The molecule has 0 saturated carbocycles. The summed E-state index contributed by atoms with van der Waals surface area (Å²) in [4.78, 5) is 11.3. The highest BCUT2D eigenvalue weighted by Gasteiger charge is 2.13. The summed E-state index contributed by atoms with van der Waals surface area (Å²) in [5.41, 5.74) is 4.27. The van der Waals surface area contributed by atoms with Gasteiger partial charge in [0, 0.05) is 6.42 Å². The minimum Gasteiger partial charge on any atom is -0.289 e. The summed E-state index contributed by atoms with van der Waals surface area (Å²) >= 11 is 0. The molecule has 0 radical (unpaired) electrons. The Morgan fingerprint density at radius 2 is 1.38 bits per heavy atom. The number of benzene rings is 2. The van der Waals surface area contributed by atoms with Crippen LogP contribution in [0.1, 0.15) is 24.0 Å². The highest BCUT2D eigenvalue weighted by atomic mass is 16.5. The number of amides is 1. The Bertz CT molecular complexity index is 498. The highest BCUT2D eigenvalue weighted by molar-refractivity contribution is 5.74. The predicted molar refractivity (Wildman–Crippen MR) is 82.9 cm³/mol. The molecule has 0 aromatic heterocycles. The van der Waals surface area contributed by atoms with Crippen molar-refractivity contribution in [3.63, 3.8) is 0 Å². The van der Waals surface area contributed by atoms with E-state index in [1.807, 2.05) is 36.4 Å². The summed E-state index contributed by atoms with van der Waals surface area (Å²) in [6, 6.07) is 20.6. The second kappa shape index (κ2) is 8.22. The average Bonchev–Trinajstić information content (AvgIpc) is 2.54. The van der Waals surface area contributed by atoms with E-state index in [4.69, 9.17) is 5.21 Å². The summed E-state index contributed by atoms with van der Waals surface area (Å²) in [5, 5.41) is 8.63. The van der Waals surface area contributed by atoms with Gasteiger partial charge >= 0.3 is 0 Å². The monoisotopic (exact) mass is 283 g/mol. The lowest BCUT2D eigenvalue weighted by Crippen LogP contribution is -2.20. The van der Waals surface area contributed by atoms with E-state index in [9.17, 15) is 4.79 Å². The molecule has 2 rings (SSSR count). The summed E-state index contributed by atoms with van der Waals surface area (Å²) in [7, 11) is 0. The standard InChI is InChI=1S/C18H21NO2/c20-18(19-21)12-11-17(13-15-7-3-1-4-8-15)14-16-9-5-2-6-10-16/h1-10,17,21H,11-14H2,(H,19,20). The van der Waals surface area contributed by atoms with E-state index in [-0.39, 0.29) is 5.91 Å². The largest absolute Gasteiger partial charge is 0.289 e. The van der Waals surface area contributed by atoms with E-state index in [0.29, 0.717) is 12.3 Å². The van der Waals surface area contributed by atoms with Crippen LogP contribution in [0.4, 0.5) is 0 Å². The molecule has 0 bridgehead atoms. The van der Waals surface area contributed by atoms with Crippen molar-refractivity contribution in [3.05, 3.63) is 71.8 Å². The third-order valence-electron chi connectivity index (χ3n) is 3.64. The van der Waals surface area contributed by atoms with Gasteiger partial charge in [0.15, 0.2) is 0 Å². The Balaban J connectivity index is 2.01. The predicted octanol–water partition coefficient (Wildman–Crippen LogP) is 3.37. The Kier molecular flexibility index (Phi) is 5.98. The number of nitrogens with one attached hydrogen (secondary N) is 1. The molecule has 1 amide bonds. The molecule has 0 aliphatic heterocycles. The van der Waals surface area contributed by atoms with Crippen molar-refractivity contribution in [3.8, 4) is 0 Å². The number of carbonyl (C=O) groups excluding carboxylic acids is 1. The number of rotatable bonds is 7. The smallest absolute Gasteiger partial charge is 0.243 e. The molecule has 0 atom stereocenters. The molecule has 0 spiro atoms. The quantitative estimate of drug-likeness (QED) is 0.604. The van der Waals surface area contributed by atoms with E-state index in [0.717, 1.165) is 19.3 Å². The number of hydroxylamine groups is 1. The van der Waals surface area contributed by atoms with Crippen LogP contribution in [-0.4, -0.2) is 11.1 Å². The fraction of sp³-hybridized carbons (Fsp3) is 0.278. The van der Waals surface area contributed by atoms with Crippen LogP contribution in [0.3, 0.4) is 0 Å². The second-order valence-corrected chi connectivity index (χ2v) is 5.32. The third-order valence-corrected chi connectivity index (χ3v) is 3.64. The van der Waals surface area contributed by atoms with Gasteiger partial charge in [0.2, 0.25) is 5.91 Å². The SMILES string of the molecule is O=C(CCC(Cc1ccccc1)Cc1ccccc1)NO. The molecule has 21 heavy (non-hydrogen) atoms. The van der Waals surface area contributed by atoms with Gasteiger partial charge in [0.1, 0.15) is 0 Å². The summed E-state index contributed by atoms with van der Waals surface area (Å²) in [6.07, 6.45) is 2.99. The van der Waals surface area contributed by atoms with Gasteiger partial charge in [-0.25, -0.2) is 5.48 Å². The van der Waals surface area contributed by atoms with Gasteiger partial charge in [-0.1, -0.05) is 60.7 Å². The minimum atomic E-state index is -0.318. The first-order valence-corrected chi connectivity index (χ1v) is 7.28. The molecule has 0 heterocycles. The van der Waals surface area contributed by atoms with Gasteiger partial charge in [-0.05, 0) is 36.3 Å². The first-order chi connectivity index (χ1) is 10.3. The van der Waals surface area contributed by atoms with Crippen molar-refractivity contribution in [2.24, 2.45) is 5.92 Å². The van der Waals surface area contributed by atoms with Crippen LogP contribution in [-0.2, 0) is 17.6 Å². The van der Waals surface area contributed by atoms with Crippen LogP contribution in [0, 0.1) is 5.92 Å². The van der Waals surface area contributed by atoms with Crippen LogP contribution >= 0.6 is 0 Å². The minimum absolute atomic E-state index is 0.318. The molecule has 3 heteroatoms. The summed E-state index contributed by atoms with van der Waals surface area (Å²) < 4.78 is 0. The van der Waals surface area contributed by atoms with Gasteiger partial charge in [0.25, 0.3) is 0 Å². The first kappa shape index (κ1) is 15.3. The molecule has 2 N–H and O–H groups in total. The molecular weight excluding hydrogens is 262 g/mol. The van der Waals surface area contributed by atoms with Crippen molar-refractivity contribution >= 4 is 5.91 Å². The maximum atomic E-state index is 11.3. The van der Waals surface area contributed by atoms with E-state index in [1.165, 1.54) is 11.1 Å². The highest BCUT2D eigenvalue weighted by Crippen LogP contribution is 2.19. The van der Waals surface area contributed by atoms with Crippen LogP contribution in [0.2, 0.25) is 0 Å². The molecule has 2 aromatic carbocycles. The zero-order valence-electron chi connectivity index (χ0n) is 12.0. The van der Waals surface area contributed by atoms with E-state index in [1.54, 1.807) is 5.48 Å². The molecule has 0 aliphatic carbocycles. The molecule has 0 aliphatic rings. The van der Waals surface area contributed by atoms with Crippen molar-refractivity contribution in [2.75, 3.05) is 0 Å². The lowest BCUT2D eigenvalue weighted by Gasteiger charge is -2.17. The van der Waals surface area contributed by atoms with Crippen molar-refractivity contribution in [2.45, 2.75) is 25.7 Å². The lowest BCUT2D eigenvalue weighted by atomic mass is 9.89. The molecule has 110 valence electrons. The molecular formula is C18H21NO2. The number of carbonyl (C=O) groups is 1. The van der Waals surface area contributed by atoms with Gasteiger partial charge in [0.05, 0.1) is 0 Å². The Hall–Kier alpha value is -2.13. The van der Waals surface area contributed by atoms with E-state index < -0.39 is 0 Å². The van der Waals surface area contributed by atoms with Gasteiger partial charge in [-0.15, -0.1) is 0 Å². The van der Waals surface area contributed by atoms with Crippen molar-refractivity contribution in [1.82, 2.24) is 5.48 Å². The number of hydrogen-bond acceptors (Lipinski definition) is 2. The Morgan fingerprint density at radius 1 is 0.905 bits per heavy atom. The summed E-state index contributed by atoms with van der Waals surface area (Å²) in [6.45, 7) is 0. The topological polar surface area (TPSA) is 49.3 Å². The molecule has 2 aromatic rings. The second-order valence-electron chi connectivity index (χ2n) is 5.32. The fourth-order valence-electron chi connectivity index (χ4n) is 2.56. The zero-order valence-corrected chi connectivity index (χ0v) is 12.0. The maximum absolute atomic E-state index is 11.3. The normalized spacial score (nSPS) is 10.6. The van der Waals surface area contributed by atoms with Crippen molar-refractivity contribution in [1.29, 1.82) is 0 Å². The first-order valence-electron chi connectivity index (χ1n) is 7.28. The van der Waals surface area contributed by atoms with Crippen molar-refractivity contribution < 1.29 is 10.0 Å². The van der Waals surface area contributed by atoms with E-state index in [2.05, 4.69) is 24.3 Å². The van der Waals surface area contributed by atoms with Gasteiger partial charge < -0.3 is 0 Å². The lowest BCUT2D eigenvalue weighted by molar-refractivity contribution is -0.129. The van der Waals surface area contributed by atoms with E-state index >= 15 is 0 Å². The third kappa shape index (κ3) is 5.40. The fourth-order valence-corrected chi connectivity index (χ4v) is 2.56. The van der Waals surface area contributed by atoms with Crippen LogP contribution in [0.5, 0.6) is 0 Å². The summed E-state index contributed by atoms with van der Waals surface area (Å²) in [5.74, 6) is 0.0632. The molecule has 0 fully saturated rings. The average molecular weight is 283 g/mol. The van der Waals surface area contributed by atoms with Gasteiger partial charge in [-0.3, -0.25) is 10.0 Å². The molecule has 0 unspecified atom stereocenters. The Labute approximate surface area is 125 Å². The molecule has 0 saturated heterocycles. The van der Waals surface area contributed by atoms with Crippen LogP contribution in [0.15, 0.2) is 60.7 Å². The van der Waals surface area contributed by atoms with Gasteiger partial charge in [-0.2, -0.15) is 0 Å². The Morgan fingerprint density at radius 3 is 1.81 bits per heavy atom. The molecule has 3 nitrogen and oxygen atoms in total. The maximum Gasteiger partial charge on any atom is 0.243 e. The number of hydrogen-bond donors (Lipinski definition) is 2. The van der Waals surface area contributed by atoms with Crippen LogP contribution in [0.25, 0.3) is 0 Å². The zero-order chi connectivity index (χ0) is 14.9. The van der Waals surface area contributed by atoms with Crippen LogP contribution < -0.4 is 5.48 Å².